The summed E-state index contributed by atoms with van der Waals surface area (Å²) >= 11 is 0. The highest BCUT2D eigenvalue weighted by molar-refractivity contribution is 4.66. The van der Waals surface area contributed by atoms with E-state index in [1.807, 2.05) is 0 Å². The van der Waals surface area contributed by atoms with Gasteiger partial charge < -0.3 is 4.74 Å². The second kappa shape index (κ2) is 6.66. The van der Waals surface area contributed by atoms with Gasteiger partial charge in [0.1, 0.15) is 0 Å². The number of ether oxygens (including phenoxy) is 1. The van der Waals surface area contributed by atoms with Crippen LogP contribution in [0.1, 0.15) is 40.0 Å². The lowest BCUT2D eigenvalue weighted by atomic mass is 10.0. The summed E-state index contributed by atoms with van der Waals surface area (Å²) in [7, 11) is 0. The van der Waals surface area contributed by atoms with Crippen LogP contribution in [0.15, 0.2) is 0 Å². The van der Waals surface area contributed by atoms with Crippen molar-refractivity contribution in [1.29, 1.82) is 0 Å². The molecule has 0 bridgehead atoms. The normalized spacial score (nSPS) is 16.4. The first-order chi connectivity index (χ1) is 5.22. The second-order valence-electron chi connectivity index (χ2n) is 3.10. The predicted octanol–water partition coefficient (Wildman–Crippen LogP) is 3.05. The third-order valence-electron chi connectivity index (χ3n) is 2.07. The highest BCUT2D eigenvalue weighted by Crippen LogP contribution is 2.10. The predicted molar refractivity (Wildman–Crippen MR) is 49.5 cm³/mol. The van der Waals surface area contributed by atoms with Crippen LogP contribution in [-0.4, -0.2) is 12.7 Å². The van der Waals surface area contributed by atoms with E-state index in [1.165, 1.54) is 12.8 Å². The molecule has 0 fully saturated rings. The number of rotatable bonds is 6. The maximum absolute atomic E-state index is 5.57. The van der Waals surface area contributed by atoms with Gasteiger partial charge >= 0.3 is 0 Å². The number of unbranched alkanes of at least 4 members (excludes halogenated alkanes) is 1. The molecule has 0 aromatic rings. The minimum Gasteiger partial charge on any atom is -0.378 e. The summed E-state index contributed by atoms with van der Waals surface area (Å²) in [6, 6.07) is 0. The summed E-state index contributed by atoms with van der Waals surface area (Å²) in [6.07, 6.45) is 3.81. The van der Waals surface area contributed by atoms with Crippen molar-refractivity contribution in [2.24, 2.45) is 5.92 Å². The molecular weight excluding hydrogens is 136 g/mol. The highest BCUT2D eigenvalue weighted by Gasteiger charge is 2.09. The molecule has 0 N–H and O–H groups in total. The third kappa shape index (κ3) is 5.25. The van der Waals surface area contributed by atoms with E-state index >= 15 is 0 Å². The average Bonchev–Trinajstić information content (AvgIpc) is 2.03. The fourth-order valence-corrected chi connectivity index (χ4v) is 0.882. The minimum atomic E-state index is 0.326. The smallest absolute Gasteiger partial charge is 0.0575 e. The summed E-state index contributed by atoms with van der Waals surface area (Å²) in [5.74, 6) is 0.451. The van der Waals surface area contributed by atoms with Gasteiger partial charge in [-0.2, -0.15) is 0 Å². The van der Waals surface area contributed by atoms with Crippen LogP contribution in [0.5, 0.6) is 0 Å². The Hall–Kier alpha value is -0.0400. The van der Waals surface area contributed by atoms with Crippen molar-refractivity contribution in [1.82, 2.24) is 0 Å². The molecule has 1 radical (unpaired) electrons. The van der Waals surface area contributed by atoms with Crippen molar-refractivity contribution >= 4 is 0 Å². The van der Waals surface area contributed by atoms with Gasteiger partial charge in [0.15, 0.2) is 0 Å². The first-order valence-corrected chi connectivity index (χ1v) is 4.67. The molecule has 0 aliphatic rings. The molecule has 0 aliphatic heterocycles. The molecule has 67 valence electrons. The lowest BCUT2D eigenvalue weighted by molar-refractivity contribution is 0.0350. The molecule has 1 heteroatoms. The zero-order valence-corrected chi connectivity index (χ0v) is 8.10. The van der Waals surface area contributed by atoms with Crippen LogP contribution < -0.4 is 0 Å². The van der Waals surface area contributed by atoms with E-state index in [-0.39, 0.29) is 0 Å². The van der Waals surface area contributed by atoms with Crippen molar-refractivity contribution < 1.29 is 4.74 Å². The van der Waals surface area contributed by atoms with Gasteiger partial charge in [0, 0.05) is 6.61 Å². The third-order valence-corrected chi connectivity index (χ3v) is 2.07. The monoisotopic (exact) mass is 157 g/mol. The summed E-state index contributed by atoms with van der Waals surface area (Å²) in [6.45, 7) is 11.3. The van der Waals surface area contributed by atoms with Crippen LogP contribution in [0.25, 0.3) is 0 Å². The first-order valence-electron chi connectivity index (χ1n) is 4.67. The maximum Gasteiger partial charge on any atom is 0.0575 e. The van der Waals surface area contributed by atoms with Crippen molar-refractivity contribution in [3.8, 4) is 0 Å². The fraction of sp³-hybridized carbons (Fsp3) is 0.900. The zero-order chi connectivity index (χ0) is 8.69. The van der Waals surface area contributed by atoms with E-state index in [0.29, 0.717) is 12.0 Å². The van der Waals surface area contributed by atoms with Gasteiger partial charge in [0.2, 0.25) is 0 Å². The van der Waals surface area contributed by atoms with Crippen LogP contribution in [-0.2, 0) is 4.74 Å². The number of hydrogen-bond acceptors (Lipinski definition) is 1. The van der Waals surface area contributed by atoms with Gasteiger partial charge in [0.05, 0.1) is 6.10 Å². The molecule has 0 saturated carbocycles. The molecule has 0 spiro atoms. The summed E-state index contributed by atoms with van der Waals surface area (Å²) in [5, 5.41) is 0. The average molecular weight is 157 g/mol. The van der Waals surface area contributed by atoms with E-state index in [4.69, 9.17) is 4.74 Å². The fourth-order valence-electron chi connectivity index (χ4n) is 0.882. The second-order valence-corrected chi connectivity index (χ2v) is 3.10. The largest absolute Gasteiger partial charge is 0.378 e. The molecule has 2 atom stereocenters. The molecule has 0 heterocycles. The standard InChI is InChI=1S/C10H21O/c1-5-7-8-11-10(4)9(3)6-2/h9-10H,3,5-8H2,1-2,4H3. The van der Waals surface area contributed by atoms with Gasteiger partial charge in [-0.25, -0.2) is 0 Å². The van der Waals surface area contributed by atoms with Crippen LogP contribution in [0.4, 0.5) is 0 Å². The Labute approximate surface area is 71.1 Å². The topological polar surface area (TPSA) is 9.23 Å². The van der Waals surface area contributed by atoms with E-state index in [0.717, 1.165) is 13.0 Å². The van der Waals surface area contributed by atoms with Crippen LogP contribution in [0, 0.1) is 12.8 Å². The zero-order valence-electron chi connectivity index (χ0n) is 8.10. The molecular formula is C10H21O. The molecule has 0 rings (SSSR count). The summed E-state index contributed by atoms with van der Waals surface area (Å²) in [4.78, 5) is 0. The van der Waals surface area contributed by atoms with E-state index < -0.39 is 0 Å². The Morgan fingerprint density at radius 2 is 2.00 bits per heavy atom. The van der Waals surface area contributed by atoms with E-state index in [9.17, 15) is 0 Å². The van der Waals surface area contributed by atoms with Crippen molar-refractivity contribution in [2.45, 2.75) is 46.1 Å². The van der Waals surface area contributed by atoms with Gasteiger partial charge in [-0.05, 0) is 26.2 Å². The van der Waals surface area contributed by atoms with Gasteiger partial charge in [-0.3, -0.25) is 0 Å². The Bertz CT molecular complexity index is 80.9. The summed E-state index contributed by atoms with van der Waals surface area (Å²) < 4.78 is 5.57. The Balaban J connectivity index is 3.28. The lowest BCUT2D eigenvalue weighted by Crippen LogP contribution is -2.18. The molecule has 0 aromatic carbocycles. The van der Waals surface area contributed by atoms with Crippen LogP contribution in [0.2, 0.25) is 0 Å². The first kappa shape index (κ1) is 11.0. The maximum atomic E-state index is 5.57. The van der Waals surface area contributed by atoms with E-state index in [2.05, 4.69) is 27.7 Å². The molecule has 0 saturated heterocycles. The minimum absolute atomic E-state index is 0.326. The molecule has 11 heavy (non-hydrogen) atoms. The Kier molecular flexibility index (Phi) is 6.63. The van der Waals surface area contributed by atoms with Crippen LogP contribution >= 0.6 is 0 Å². The molecule has 0 aliphatic carbocycles. The Morgan fingerprint density at radius 1 is 1.36 bits per heavy atom. The molecule has 1 nitrogen and oxygen atoms in total. The van der Waals surface area contributed by atoms with Gasteiger partial charge in [-0.15, -0.1) is 0 Å². The van der Waals surface area contributed by atoms with Crippen molar-refractivity contribution in [3.63, 3.8) is 0 Å². The number of hydrogen-bond donors (Lipinski definition) is 0. The SMILES string of the molecule is [CH2]C(CC)C(C)OCCCC. The van der Waals surface area contributed by atoms with Gasteiger partial charge in [0.25, 0.3) is 0 Å². The van der Waals surface area contributed by atoms with Gasteiger partial charge in [-0.1, -0.05) is 26.7 Å². The molecule has 0 aromatic heterocycles. The Morgan fingerprint density at radius 3 is 2.45 bits per heavy atom. The van der Waals surface area contributed by atoms with Crippen LogP contribution in [0.3, 0.4) is 0 Å². The summed E-state index contributed by atoms with van der Waals surface area (Å²) in [5.41, 5.74) is 0. The van der Waals surface area contributed by atoms with Crippen molar-refractivity contribution in [2.75, 3.05) is 6.61 Å². The quantitative estimate of drug-likeness (QED) is 0.538. The van der Waals surface area contributed by atoms with Crippen molar-refractivity contribution in [3.05, 3.63) is 6.92 Å². The lowest BCUT2D eigenvalue weighted by Gasteiger charge is -2.18. The van der Waals surface area contributed by atoms with E-state index in [1.54, 1.807) is 0 Å². The molecule has 2 unspecified atom stereocenters. The molecule has 0 amide bonds. The highest BCUT2D eigenvalue weighted by atomic mass is 16.5.